The van der Waals surface area contributed by atoms with E-state index < -0.39 is 17.8 Å². The molecule has 0 aliphatic carbocycles. The molecular formula is C25H17BrClIN2O4. The molecule has 0 unspecified atom stereocenters. The molecule has 3 aromatic carbocycles. The van der Waals surface area contributed by atoms with Crippen LogP contribution in [0.3, 0.4) is 0 Å². The number of ether oxygens (including phenoxy) is 1. The van der Waals surface area contributed by atoms with E-state index in [9.17, 15) is 14.4 Å². The molecule has 1 fully saturated rings. The van der Waals surface area contributed by atoms with Gasteiger partial charge in [-0.1, -0.05) is 35.9 Å². The van der Waals surface area contributed by atoms with Gasteiger partial charge in [-0.15, -0.1) is 0 Å². The lowest BCUT2D eigenvalue weighted by Crippen LogP contribution is -2.54. The summed E-state index contributed by atoms with van der Waals surface area (Å²) in [5.74, 6) is -0.880. The smallest absolute Gasteiger partial charge is 0.335 e. The van der Waals surface area contributed by atoms with Gasteiger partial charge in [0.2, 0.25) is 0 Å². The number of urea groups is 1. The molecule has 0 radical (unpaired) electrons. The molecule has 3 aromatic rings. The topological polar surface area (TPSA) is 75.7 Å². The van der Waals surface area contributed by atoms with E-state index in [0.29, 0.717) is 27.4 Å². The van der Waals surface area contributed by atoms with Crippen molar-refractivity contribution in [2.45, 2.75) is 13.5 Å². The summed E-state index contributed by atoms with van der Waals surface area (Å²) in [4.78, 5) is 38.8. The van der Waals surface area contributed by atoms with Gasteiger partial charge in [0.1, 0.15) is 17.9 Å². The van der Waals surface area contributed by atoms with Gasteiger partial charge in [0.15, 0.2) is 0 Å². The number of hydrogen-bond acceptors (Lipinski definition) is 4. The number of aryl methyl sites for hydroxylation is 1. The van der Waals surface area contributed by atoms with Crippen molar-refractivity contribution in [2.75, 3.05) is 4.90 Å². The van der Waals surface area contributed by atoms with Gasteiger partial charge >= 0.3 is 6.03 Å². The monoisotopic (exact) mass is 650 g/mol. The van der Waals surface area contributed by atoms with Gasteiger partial charge in [0, 0.05) is 8.59 Å². The van der Waals surface area contributed by atoms with Crippen LogP contribution in [0.4, 0.5) is 10.5 Å². The third-order valence-corrected chi connectivity index (χ3v) is 6.84. The molecule has 0 bridgehead atoms. The number of carbonyl (C=O) groups excluding carboxylic acids is 3. The van der Waals surface area contributed by atoms with E-state index >= 15 is 0 Å². The lowest BCUT2D eigenvalue weighted by Gasteiger charge is -2.26. The standard InChI is InChI=1S/C25H17BrClIN2O4/c1-14-2-8-18(12-21(14)27)30-24(32)19(23(31)29-25(30)33)10-16-5-9-22(20(26)11-16)34-13-15-3-6-17(28)7-4-15/h2-12H,13H2,1H3,(H,29,31,33)/b19-10-. The Morgan fingerprint density at radius 1 is 1.06 bits per heavy atom. The summed E-state index contributed by atoms with van der Waals surface area (Å²) in [6, 6.07) is 17.2. The SMILES string of the molecule is Cc1ccc(N2C(=O)NC(=O)/C(=C/c3ccc(OCc4ccc(I)cc4)c(Br)c3)C2=O)cc1Cl. The first-order valence-corrected chi connectivity index (χ1v) is 12.3. The van der Waals surface area contributed by atoms with Crippen molar-refractivity contribution in [3.63, 3.8) is 0 Å². The van der Waals surface area contributed by atoms with Crippen LogP contribution in [0.1, 0.15) is 16.7 Å². The zero-order valence-corrected chi connectivity index (χ0v) is 22.3. The second-order valence-electron chi connectivity index (χ2n) is 7.50. The van der Waals surface area contributed by atoms with Crippen molar-refractivity contribution in [2.24, 2.45) is 0 Å². The Balaban J connectivity index is 1.56. The van der Waals surface area contributed by atoms with Crippen molar-refractivity contribution in [3.8, 4) is 5.75 Å². The van der Waals surface area contributed by atoms with Crippen LogP contribution in [0.5, 0.6) is 5.75 Å². The van der Waals surface area contributed by atoms with Gasteiger partial charge in [-0.3, -0.25) is 14.9 Å². The van der Waals surface area contributed by atoms with Gasteiger partial charge in [0.05, 0.1) is 10.2 Å². The first-order chi connectivity index (χ1) is 16.2. The Bertz CT molecular complexity index is 1340. The summed E-state index contributed by atoms with van der Waals surface area (Å²) in [6.45, 7) is 2.21. The maximum atomic E-state index is 13.1. The molecule has 6 nitrogen and oxygen atoms in total. The maximum Gasteiger partial charge on any atom is 0.335 e. The average molecular weight is 652 g/mol. The second kappa shape index (κ2) is 10.3. The minimum atomic E-state index is -0.826. The molecule has 4 rings (SSSR count). The predicted molar refractivity (Wildman–Crippen MR) is 143 cm³/mol. The Morgan fingerprint density at radius 3 is 2.47 bits per heavy atom. The van der Waals surface area contributed by atoms with Crippen LogP contribution < -0.4 is 15.0 Å². The number of nitrogens with one attached hydrogen (secondary N) is 1. The van der Waals surface area contributed by atoms with E-state index in [1.54, 1.807) is 30.3 Å². The molecule has 34 heavy (non-hydrogen) atoms. The molecule has 1 N–H and O–H groups in total. The van der Waals surface area contributed by atoms with Crippen LogP contribution in [0.2, 0.25) is 5.02 Å². The first kappa shape index (κ1) is 24.4. The van der Waals surface area contributed by atoms with Crippen LogP contribution in [0, 0.1) is 10.5 Å². The molecule has 1 saturated heterocycles. The molecule has 0 spiro atoms. The fraction of sp³-hybridized carbons (Fsp3) is 0.0800. The number of benzene rings is 3. The lowest BCUT2D eigenvalue weighted by atomic mass is 10.1. The number of amides is 4. The Morgan fingerprint density at radius 2 is 1.79 bits per heavy atom. The molecule has 4 amide bonds. The van der Waals surface area contributed by atoms with Crippen molar-refractivity contribution < 1.29 is 19.1 Å². The first-order valence-electron chi connectivity index (χ1n) is 10.1. The Hall–Kier alpha value is -2.69. The van der Waals surface area contributed by atoms with Gasteiger partial charge in [-0.2, -0.15) is 0 Å². The molecule has 172 valence electrons. The number of rotatable bonds is 5. The van der Waals surface area contributed by atoms with E-state index in [2.05, 4.69) is 43.8 Å². The van der Waals surface area contributed by atoms with Crippen molar-refractivity contribution >= 4 is 79.7 Å². The number of barbiturate groups is 1. The molecule has 0 aromatic heterocycles. The Labute approximate surface area is 223 Å². The normalized spacial score (nSPS) is 15.0. The van der Waals surface area contributed by atoms with Gasteiger partial charge in [-0.25, -0.2) is 9.69 Å². The van der Waals surface area contributed by atoms with Crippen LogP contribution in [-0.4, -0.2) is 17.8 Å². The molecule has 1 aliphatic heterocycles. The zero-order chi connectivity index (χ0) is 24.4. The maximum absolute atomic E-state index is 13.1. The summed E-state index contributed by atoms with van der Waals surface area (Å²) < 4.78 is 7.68. The average Bonchev–Trinajstić information content (AvgIpc) is 2.79. The van der Waals surface area contributed by atoms with Gasteiger partial charge in [-0.05, 0) is 105 Å². The third-order valence-electron chi connectivity index (χ3n) is 5.09. The zero-order valence-electron chi connectivity index (χ0n) is 17.8. The van der Waals surface area contributed by atoms with Crippen molar-refractivity contribution in [1.29, 1.82) is 0 Å². The number of carbonyl (C=O) groups is 3. The highest BCUT2D eigenvalue weighted by atomic mass is 127. The molecule has 1 heterocycles. The Kier molecular flexibility index (Phi) is 7.39. The van der Waals surface area contributed by atoms with Crippen molar-refractivity contribution in [3.05, 3.63) is 96.0 Å². The molecular weight excluding hydrogens is 635 g/mol. The number of halogens is 3. The van der Waals surface area contributed by atoms with Crippen LogP contribution in [-0.2, 0) is 16.2 Å². The third kappa shape index (κ3) is 5.34. The highest BCUT2D eigenvalue weighted by Crippen LogP contribution is 2.30. The largest absolute Gasteiger partial charge is 0.488 e. The summed E-state index contributed by atoms with van der Waals surface area (Å²) in [6.07, 6.45) is 1.43. The van der Waals surface area contributed by atoms with Crippen LogP contribution >= 0.6 is 50.1 Å². The highest BCUT2D eigenvalue weighted by molar-refractivity contribution is 14.1. The predicted octanol–water partition coefficient (Wildman–Crippen LogP) is 6.26. The summed E-state index contributed by atoms with van der Waals surface area (Å²) >= 11 is 11.9. The fourth-order valence-corrected chi connectivity index (χ4v) is 4.29. The van der Waals surface area contributed by atoms with Crippen LogP contribution in [0.15, 0.2) is 70.7 Å². The van der Waals surface area contributed by atoms with E-state index in [1.807, 2.05) is 31.2 Å². The lowest BCUT2D eigenvalue weighted by molar-refractivity contribution is -0.122. The second-order valence-corrected chi connectivity index (χ2v) is 10.0. The minimum Gasteiger partial charge on any atom is -0.488 e. The fourth-order valence-electron chi connectivity index (χ4n) is 3.25. The summed E-state index contributed by atoms with van der Waals surface area (Å²) in [5, 5.41) is 2.62. The van der Waals surface area contributed by atoms with E-state index in [0.717, 1.165) is 19.6 Å². The highest BCUT2D eigenvalue weighted by Gasteiger charge is 2.37. The number of hydrogen-bond donors (Lipinski definition) is 1. The van der Waals surface area contributed by atoms with E-state index in [4.69, 9.17) is 16.3 Å². The molecule has 9 heteroatoms. The minimum absolute atomic E-state index is 0.171. The number of imide groups is 2. The molecule has 0 saturated carbocycles. The summed E-state index contributed by atoms with van der Waals surface area (Å²) in [7, 11) is 0. The van der Waals surface area contributed by atoms with E-state index in [-0.39, 0.29) is 11.3 Å². The summed E-state index contributed by atoms with van der Waals surface area (Å²) in [5.41, 5.74) is 2.52. The van der Waals surface area contributed by atoms with Gasteiger partial charge < -0.3 is 4.74 Å². The number of nitrogens with zero attached hydrogens (tertiary/aromatic N) is 1. The van der Waals surface area contributed by atoms with Gasteiger partial charge in [0.25, 0.3) is 11.8 Å². The molecule has 0 atom stereocenters. The van der Waals surface area contributed by atoms with E-state index in [1.165, 1.54) is 12.1 Å². The van der Waals surface area contributed by atoms with Crippen molar-refractivity contribution in [1.82, 2.24) is 5.32 Å². The number of anilines is 1. The quantitative estimate of drug-likeness (QED) is 0.201. The van der Waals surface area contributed by atoms with Crippen LogP contribution in [0.25, 0.3) is 6.08 Å². The molecule has 1 aliphatic rings.